The van der Waals surface area contributed by atoms with Crippen LogP contribution >= 0.6 is 0 Å². The summed E-state index contributed by atoms with van der Waals surface area (Å²) in [5.74, 6) is 0.120. The number of nitrogens with one attached hydrogen (secondary N) is 1. The maximum absolute atomic E-state index is 12.7. The van der Waals surface area contributed by atoms with Crippen molar-refractivity contribution in [3.8, 4) is 17.0 Å². The lowest BCUT2D eigenvalue weighted by Gasteiger charge is -2.15. The van der Waals surface area contributed by atoms with Gasteiger partial charge >= 0.3 is 0 Å². The van der Waals surface area contributed by atoms with Crippen LogP contribution in [0.25, 0.3) is 11.3 Å². The van der Waals surface area contributed by atoms with E-state index in [1.165, 1.54) is 31.2 Å². The predicted molar refractivity (Wildman–Crippen MR) is 112 cm³/mol. The molecule has 1 heterocycles. The zero-order valence-corrected chi connectivity index (χ0v) is 16.4. The predicted octanol–water partition coefficient (Wildman–Crippen LogP) is 3.42. The van der Waals surface area contributed by atoms with Gasteiger partial charge in [-0.25, -0.2) is 4.68 Å². The molecule has 0 saturated carbocycles. The van der Waals surface area contributed by atoms with Crippen molar-refractivity contribution in [2.24, 2.45) is 0 Å². The Morgan fingerprint density at radius 1 is 1.17 bits per heavy atom. The van der Waals surface area contributed by atoms with Gasteiger partial charge in [0.2, 0.25) is 5.91 Å². The third-order valence-corrected chi connectivity index (χ3v) is 4.39. The first kappa shape index (κ1) is 20.7. The summed E-state index contributed by atoms with van der Waals surface area (Å²) in [7, 11) is 0. The standard InChI is InChI=1S/C21H20N4O5/c1-3-30-16-10-8-15(9-11-16)17-12-13-20(26)24(23-17)14(2)21(27)22-18-6-4-5-7-19(18)25(28)29/h4-14H,3H2,1-2H3,(H,22,27). The topological polar surface area (TPSA) is 116 Å². The molecule has 3 aromatic rings. The van der Waals surface area contributed by atoms with Crippen LogP contribution in [-0.4, -0.2) is 27.2 Å². The number of nitro groups is 1. The quantitative estimate of drug-likeness (QED) is 0.473. The summed E-state index contributed by atoms with van der Waals surface area (Å²) in [5.41, 5.74) is 0.605. The van der Waals surface area contributed by atoms with Crippen molar-refractivity contribution in [1.29, 1.82) is 0 Å². The number of benzene rings is 2. The lowest BCUT2D eigenvalue weighted by Crippen LogP contribution is -2.33. The van der Waals surface area contributed by atoms with Crippen LogP contribution in [0.3, 0.4) is 0 Å². The molecule has 0 aliphatic carbocycles. The van der Waals surface area contributed by atoms with Gasteiger partial charge in [0.1, 0.15) is 17.5 Å². The number of carbonyl (C=O) groups is 1. The fourth-order valence-corrected chi connectivity index (χ4v) is 2.83. The molecule has 1 atom stereocenters. The van der Waals surface area contributed by atoms with E-state index in [9.17, 15) is 19.7 Å². The number of carbonyl (C=O) groups excluding carboxylic acids is 1. The maximum Gasteiger partial charge on any atom is 0.292 e. The fraction of sp³-hybridized carbons (Fsp3) is 0.190. The molecule has 30 heavy (non-hydrogen) atoms. The summed E-state index contributed by atoms with van der Waals surface area (Å²) in [6.07, 6.45) is 0. The van der Waals surface area contributed by atoms with Crippen LogP contribution in [0.4, 0.5) is 11.4 Å². The highest BCUT2D eigenvalue weighted by atomic mass is 16.6. The van der Waals surface area contributed by atoms with Gasteiger partial charge in [-0.2, -0.15) is 5.10 Å². The van der Waals surface area contributed by atoms with Crippen LogP contribution in [0.2, 0.25) is 0 Å². The lowest BCUT2D eigenvalue weighted by molar-refractivity contribution is -0.383. The summed E-state index contributed by atoms with van der Waals surface area (Å²) in [5, 5.41) is 17.9. The van der Waals surface area contributed by atoms with Crippen molar-refractivity contribution in [2.75, 3.05) is 11.9 Å². The highest BCUT2D eigenvalue weighted by molar-refractivity contribution is 5.95. The average molecular weight is 408 g/mol. The average Bonchev–Trinajstić information content (AvgIpc) is 2.74. The van der Waals surface area contributed by atoms with Gasteiger partial charge in [0.05, 0.1) is 17.2 Å². The minimum atomic E-state index is -0.986. The van der Waals surface area contributed by atoms with Crippen LogP contribution in [0.15, 0.2) is 65.5 Å². The molecule has 154 valence electrons. The minimum absolute atomic E-state index is 0.0510. The van der Waals surface area contributed by atoms with Crippen molar-refractivity contribution in [3.05, 3.63) is 81.1 Å². The Bertz CT molecular complexity index is 1120. The van der Waals surface area contributed by atoms with Crippen LogP contribution in [0, 0.1) is 10.1 Å². The molecule has 0 bridgehead atoms. The first-order valence-electron chi connectivity index (χ1n) is 9.28. The molecule has 0 aliphatic rings. The van der Waals surface area contributed by atoms with Crippen molar-refractivity contribution >= 4 is 17.3 Å². The van der Waals surface area contributed by atoms with E-state index in [4.69, 9.17) is 4.74 Å². The molecule has 0 aliphatic heterocycles. The lowest BCUT2D eigenvalue weighted by atomic mass is 10.1. The summed E-state index contributed by atoms with van der Waals surface area (Å²) in [6, 6.07) is 14.9. The van der Waals surface area contributed by atoms with E-state index in [1.54, 1.807) is 36.4 Å². The number of nitro benzene ring substituents is 1. The Hall–Kier alpha value is -4.01. The Balaban J connectivity index is 1.86. The molecule has 0 fully saturated rings. The number of rotatable bonds is 7. The van der Waals surface area contributed by atoms with Gasteiger partial charge in [0.15, 0.2) is 0 Å². The van der Waals surface area contributed by atoms with Gasteiger partial charge in [-0.3, -0.25) is 19.7 Å². The van der Waals surface area contributed by atoms with Crippen LogP contribution < -0.4 is 15.6 Å². The van der Waals surface area contributed by atoms with E-state index >= 15 is 0 Å². The Kier molecular flexibility index (Phi) is 6.21. The van der Waals surface area contributed by atoms with Gasteiger partial charge in [0.25, 0.3) is 11.2 Å². The van der Waals surface area contributed by atoms with Gasteiger partial charge in [-0.1, -0.05) is 12.1 Å². The van der Waals surface area contributed by atoms with Crippen molar-refractivity contribution in [2.45, 2.75) is 19.9 Å². The summed E-state index contributed by atoms with van der Waals surface area (Å²) in [6.45, 7) is 3.94. The second-order valence-electron chi connectivity index (χ2n) is 6.40. The minimum Gasteiger partial charge on any atom is -0.494 e. The third-order valence-electron chi connectivity index (χ3n) is 4.39. The molecule has 0 spiro atoms. The van der Waals surface area contributed by atoms with Crippen molar-refractivity contribution < 1.29 is 14.5 Å². The molecule has 0 radical (unpaired) electrons. The SMILES string of the molecule is CCOc1ccc(-c2ccc(=O)n(C(C)C(=O)Nc3ccccc3[N+](=O)[O-])n2)cc1. The van der Waals surface area contributed by atoms with E-state index < -0.39 is 22.4 Å². The van der Waals surface area contributed by atoms with E-state index in [0.29, 0.717) is 18.1 Å². The smallest absolute Gasteiger partial charge is 0.292 e. The van der Waals surface area contributed by atoms with Crippen molar-refractivity contribution in [3.63, 3.8) is 0 Å². The molecule has 1 N–H and O–H groups in total. The number of amides is 1. The Morgan fingerprint density at radius 3 is 2.53 bits per heavy atom. The highest BCUT2D eigenvalue weighted by Gasteiger charge is 2.21. The van der Waals surface area contributed by atoms with Gasteiger partial charge < -0.3 is 10.1 Å². The number of hydrogen-bond acceptors (Lipinski definition) is 6. The Labute approximate surface area is 172 Å². The normalized spacial score (nSPS) is 11.5. The van der Waals surface area contributed by atoms with E-state index in [0.717, 1.165) is 10.2 Å². The van der Waals surface area contributed by atoms with E-state index in [1.807, 2.05) is 6.92 Å². The van der Waals surface area contributed by atoms with Gasteiger partial charge in [-0.05, 0) is 50.2 Å². The van der Waals surface area contributed by atoms with E-state index in [2.05, 4.69) is 10.4 Å². The highest BCUT2D eigenvalue weighted by Crippen LogP contribution is 2.24. The van der Waals surface area contributed by atoms with Crippen LogP contribution in [0.1, 0.15) is 19.9 Å². The number of nitrogens with zero attached hydrogens (tertiary/aromatic N) is 3. The number of ether oxygens (including phenoxy) is 1. The molecule has 2 aromatic carbocycles. The number of hydrogen-bond donors (Lipinski definition) is 1. The molecular weight excluding hydrogens is 388 g/mol. The molecule has 0 saturated heterocycles. The largest absolute Gasteiger partial charge is 0.494 e. The zero-order valence-electron chi connectivity index (χ0n) is 16.4. The molecule has 9 heteroatoms. The first-order chi connectivity index (χ1) is 14.4. The number of aromatic nitrogens is 2. The van der Waals surface area contributed by atoms with Crippen molar-refractivity contribution in [1.82, 2.24) is 9.78 Å². The first-order valence-corrected chi connectivity index (χ1v) is 9.28. The van der Waals surface area contributed by atoms with Gasteiger partial charge in [0, 0.05) is 17.7 Å². The maximum atomic E-state index is 12.7. The van der Waals surface area contributed by atoms with Crippen LogP contribution in [-0.2, 0) is 4.79 Å². The second-order valence-corrected chi connectivity index (χ2v) is 6.40. The molecule has 9 nitrogen and oxygen atoms in total. The number of anilines is 1. The number of para-hydroxylation sites is 2. The fourth-order valence-electron chi connectivity index (χ4n) is 2.83. The summed E-state index contributed by atoms with van der Waals surface area (Å²) < 4.78 is 6.47. The molecule has 1 amide bonds. The third kappa shape index (κ3) is 4.52. The van der Waals surface area contributed by atoms with Gasteiger partial charge in [-0.15, -0.1) is 0 Å². The summed E-state index contributed by atoms with van der Waals surface area (Å²) >= 11 is 0. The monoisotopic (exact) mass is 408 g/mol. The molecule has 1 aromatic heterocycles. The molecule has 1 unspecified atom stereocenters. The van der Waals surface area contributed by atoms with Crippen LogP contribution in [0.5, 0.6) is 5.75 Å². The molecule has 3 rings (SSSR count). The Morgan fingerprint density at radius 2 is 1.87 bits per heavy atom. The molecular formula is C21H20N4O5. The zero-order chi connectivity index (χ0) is 21.7. The summed E-state index contributed by atoms with van der Waals surface area (Å²) in [4.78, 5) is 35.5. The second kappa shape index (κ2) is 8.99. The van der Waals surface area contributed by atoms with E-state index in [-0.39, 0.29) is 11.4 Å².